The topological polar surface area (TPSA) is 29.6 Å². The second-order valence-electron chi connectivity index (χ2n) is 35.9. The van der Waals surface area contributed by atoms with E-state index in [4.69, 9.17) is 0 Å². The average Bonchev–Trinajstić information content (AvgIpc) is 1.60. The Balaban J connectivity index is 0.0000000960. The number of aryl methyl sites for hydroxylation is 6. The molecule has 27 rings (SSSR count). The van der Waals surface area contributed by atoms with Crippen molar-refractivity contribution < 1.29 is 0 Å². The van der Waals surface area contributed by atoms with Gasteiger partial charge in [-0.15, -0.1) is 0 Å². The molecule has 21 aromatic carbocycles. The Morgan fingerprint density at radius 1 is 0.130 bits per heavy atom. The first-order chi connectivity index (χ1) is 68.0. The molecule has 27 aromatic rings. The minimum atomic E-state index is 1.19. The van der Waals surface area contributed by atoms with Crippen molar-refractivity contribution in [3.63, 3.8) is 0 Å². The number of benzene rings is 21. The summed E-state index contributed by atoms with van der Waals surface area (Å²) in [4.78, 5) is 0. The first kappa shape index (κ1) is 85.9. The van der Waals surface area contributed by atoms with Gasteiger partial charge in [-0.25, -0.2) is 0 Å². The molecule has 138 heavy (non-hydrogen) atoms. The Bertz CT molecular complexity index is 8890. The molecule has 0 aliphatic heterocycles. The van der Waals surface area contributed by atoms with Crippen LogP contribution in [0.2, 0.25) is 0 Å². The van der Waals surface area contributed by atoms with E-state index in [-0.39, 0.29) is 0 Å². The quantitative estimate of drug-likeness (QED) is 0.138. The van der Waals surface area contributed by atoms with Gasteiger partial charge >= 0.3 is 0 Å². The summed E-state index contributed by atoms with van der Waals surface area (Å²) in [7, 11) is 4.28. The van der Waals surface area contributed by atoms with Gasteiger partial charge in [0, 0.05) is 124 Å². The third kappa shape index (κ3) is 16.6. The highest BCUT2D eigenvalue weighted by Crippen LogP contribution is 2.42. The summed E-state index contributed by atoms with van der Waals surface area (Å²) in [6.07, 6.45) is 0. The molecule has 6 nitrogen and oxygen atoms in total. The summed E-state index contributed by atoms with van der Waals surface area (Å²) in [6.45, 7) is 8.55. The normalized spacial score (nSPS) is 11.3. The first-order valence-electron chi connectivity index (χ1n) is 47.5. The van der Waals surface area contributed by atoms with Crippen molar-refractivity contribution in [2.24, 2.45) is 14.1 Å². The zero-order chi connectivity index (χ0) is 93.1. The smallest absolute Gasteiger partial charge is 0.0547 e. The van der Waals surface area contributed by atoms with E-state index in [2.05, 4.69) is 579 Å². The molecule has 0 bridgehead atoms. The van der Waals surface area contributed by atoms with E-state index in [9.17, 15) is 0 Å². The maximum absolute atomic E-state index is 2.36. The highest BCUT2D eigenvalue weighted by atomic mass is 15.0. The van der Waals surface area contributed by atoms with Gasteiger partial charge in [-0.1, -0.05) is 381 Å². The van der Waals surface area contributed by atoms with Gasteiger partial charge in [-0.3, -0.25) is 0 Å². The monoisotopic (exact) mass is 1770 g/mol. The Morgan fingerprint density at radius 2 is 0.370 bits per heavy atom. The Hall–Kier alpha value is -17.6. The fourth-order valence-electron chi connectivity index (χ4n) is 20.3. The fourth-order valence-corrected chi connectivity index (χ4v) is 20.3. The molecular formula is C132H102N6. The van der Waals surface area contributed by atoms with Crippen LogP contribution in [0.3, 0.4) is 0 Å². The number of aromatic nitrogens is 6. The van der Waals surface area contributed by atoms with E-state index < -0.39 is 0 Å². The van der Waals surface area contributed by atoms with Crippen molar-refractivity contribution in [2.45, 2.75) is 27.7 Å². The molecule has 0 N–H and O–H groups in total. The van der Waals surface area contributed by atoms with Gasteiger partial charge in [0.2, 0.25) is 0 Å². The van der Waals surface area contributed by atoms with Crippen LogP contribution < -0.4 is 0 Å². The van der Waals surface area contributed by atoms with Crippen molar-refractivity contribution in [1.29, 1.82) is 0 Å². The highest BCUT2D eigenvalue weighted by Gasteiger charge is 2.20. The average molecular weight is 1770 g/mol. The van der Waals surface area contributed by atoms with Crippen LogP contribution in [0, 0.1) is 27.7 Å². The lowest BCUT2D eigenvalue weighted by Gasteiger charge is -2.10. The lowest BCUT2D eigenvalue weighted by Crippen LogP contribution is -1.96. The minimum Gasteiger partial charge on any atom is -0.344 e. The molecule has 0 radical (unpaired) electrons. The first-order valence-corrected chi connectivity index (χ1v) is 47.5. The zero-order valence-corrected chi connectivity index (χ0v) is 78.2. The number of rotatable bonds is 9. The number of nitrogens with zero attached hydrogens (tertiary/aromatic N) is 6. The fraction of sp³-hybridized carbons (Fsp3) is 0.0455. The minimum absolute atomic E-state index is 1.19. The second kappa shape index (κ2) is 37.8. The molecular weight excluding hydrogens is 1670 g/mol. The predicted octanol–water partition coefficient (Wildman–Crippen LogP) is 35.4. The van der Waals surface area contributed by atoms with Gasteiger partial charge in [-0.05, 0) is 234 Å². The van der Waals surface area contributed by atoms with Crippen LogP contribution in [0.4, 0.5) is 0 Å². The van der Waals surface area contributed by atoms with E-state index >= 15 is 0 Å². The molecule has 0 atom stereocenters. The summed E-state index contributed by atoms with van der Waals surface area (Å²) >= 11 is 0. The molecule has 0 saturated heterocycles. The van der Waals surface area contributed by atoms with Crippen LogP contribution in [0.15, 0.2) is 510 Å². The summed E-state index contributed by atoms with van der Waals surface area (Å²) in [6, 6.07) is 182. The number of fused-ring (bicyclic) bond motifs is 18. The van der Waals surface area contributed by atoms with Crippen LogP contribution >= 0.6 is 0 Å². The van der Waals surface area contributed by atoms with Crippen LogP contribution in [0.1, 0.15) is 22.3 Å². The SMILES string of the molecule is Cc1ccc(-c2ccc3c(c2)c2ccccc2n3-c2ccccc2)cc1.Cc1ccc(-c2ccc3c4ccccc4n(-c4ccccc4)c3c2)cc1.Cc1cccc(-n2c3ccccc3c3ccccc32)c1.Cc1ccccc1-n1c2ccccc2c2ccccc21.Cn1c2ccc(-c3ccccc3)cc2c2cc(-c3ccccc3)ccc21.Cn1c2ccccc2c2cc(-c3ccccc3)ccc21. The molecule has 0 amide bonds. The molecule has 0 unspecified atom stereocenters. The predicted molar refractivity (Wildman–Crippen MR) is 590 cm³/mol. The number of hydrogen-bond donors (Lipinski definition) is 0. The van der Waals surface area contributed by atoms with Gasteiger partial charge in [0.25, 0.3) is 0 Å². The molecule has 660 valence electrons. The van der Waals surface area contributed by atoms with Crippen LogP contribution in [-0.2, 0) is 14.1 Å². The molecule has 0 saturated carbocycles. The molecule has 0 spiro atoms. The van der Waals surface area contributed by atoms with Gasteiger partial charge in [0.1, 0.15) is 0 Å². The molecule has 0 aliphatic carbocycles. The Kier molecular flexibility index (Phi) is 23.5. The summed E-state index contributed by atoms with van der Waals surface area (Å²) in [5.41, 5.74) is 37.7. The third-order valence-electron chi connectivity index (χ3n) is 27.2. The van der Waals surface area contributed by atoms with Crippen molar-refractivity contribution in [3.8, 4) is 78.4 Å². The number of hydrogen-bond acceptors (Lipinski definition) is 0. The van der Waals surface area contributed by atoms with E-state index in [1.54, 1.807) is 0 Å². The van der Waals surface area contributed by atoms with Crippen LogP contribution in [-0.4, -0.2) is 27.4 Å². The van der Waals surface area contributed by atoms with Gasteiger partial charge in [0.15, 0.2) is 0 Å². The molecule has 6 heterocycles. The number of para-hydroxylation sites is 10. The Labute approximate surface area is 804 Å². The van der Waals surface area contributed by atoms with Crippen molar-refractivity contribution in [3.05, 3.63) is 532 Å². The van der Waals surface area contributed by atoms with E-state index in [1.165, 1.54) is 231 Å². The maximum Gasteiger partial charge on any atom is 0.0547 e. The van der Waals surface area contributed by atoms with Gasteiger partial charge < -0.3 is 27.4 Å². The third-order valence-corrected chi connectivity index (χ3v) is 27.2. The Morgan fingerprint density at radius 3 is 0.754 bits per heavy atom. The van der Waals surface area contributed by atoms with E-state index in [0.29, 0.717) is 0 Å². The summed E-state index contributed by atoms with van der Waals surface area (Å²) in [5, 5.41) is 15.7. The molecule has 6 heteroatoms. The standard InChI is InChI=1S/3C25H19N.3C19H15N/c1-26-24-14-12-20(18-8-4-2-5-9-18)16-22(24)23-17-21(13-15-25(23)26)19-10-6-3-7-11-19;1-18-11-13-19(14-12-18)20-15-16-25-23(17-20)22-9-5-6-10-24(22)26(25)21-7-3-2-4-8-21;1-18-11-13-19(14-12-18)20-15-16-23-22-9-5-6-10-24(22)26(25(23)17-20)21-7-3-2-4-8-21;1-14-8-2-5-11-17(14)20-18-12-6-3-9-15(18)16-10-4-7-13-19(16)20;1-14-7-6-8-15(13-14)20-18-11-4-2-9-16(18)17-10-3-5-12-19(17)20;1-20-18-10-6-5-9-16(18)17-13-15(11-12-19(17)20)14-7-3-2-4-8-14/h3*2-17H,1H3;3*2-13H,1H3. The largest absolute Gasteiger partial charge is 0.344 e. The van der Waals surface area contributed by atoms with E-state index in [1.807, 2.05) is 0 Å². The van der Waals surface area contributed by atoms with Gasteiger partial charge in [0.05, 0.1) is 44.1 Å². The van der Waals surface area contributed by atoms with Crippen molar-refractivity contribution in [1.82, 2.24) is 27.4 Å². The lowest BCUT2D eigenvalue weighted by atomic mass is 10.0. The summed E-state index contributed by atoms with van der Waals surface area (Å²) < 4.78 is 14.0. The van der Waals surface area contributed by atoms with Crippen LogP contribution in [0.5, 0.6) is 0 Å². The molecule has 0 fully saturated rings. The molecule has 0 aliphatic rings. The van der Waals surface area contributed by atoms with Gasteiger partial charge in [-0.2, -0.15) is 0 Å². The maximum atomic E-state index is 2.36. The highest BCUT2D eigenvalue weighted by molar-refractivity contribution is 6.15. The zero-order valence-electron chi connectivity index (χ0n) is 78.2. The lowest BCUT2D eigenvalue weighted by molar-refractivity contribution is 1.01. The van der Waals surface area contributed by atoms with E-state index in [0.717, 1.165) is 0 Å². The van der Waals surface area contributed by atoms with Crippen LogP contribution in [0.25, 0.3) is 209 Å². The molecule has 6 aromatic heterocycles. The second-order valence-corrected chi connectivity index (χ2v) is 35.9. The van der Waals surface area contributed by atoms with Crippen molar-refractivity contribution >= 4 is 131 Å². The summed E-state index contributed by atoms with van der Waals surface area (Å²) in [5.74, 6) is 0. The van der Waals surface area contributed by atoms with Crippen molar-refractivity contribution in [2.75, 3.05) is 0 Å².